The first-order chi connectivity index (χ1) is 15.6. The summed E-state index contributed by atoms with van der Waals surface area (Å²) in [6.45, 7) is 0.701. The lowest BCUT2D eigenvalue weighted by atomic mass is 10.0. The molecule has 0 aromatic heterocycles. The van der Waals surface area contributed by atoms with Gasteiger partial charge in [-0.3, -0.25) is 9.59 Å². The van der Waals surface area contributed by atoms with E-state index < -0.39 is 6.04 Å². The first-order valence-corrected chi connectivity index (χ1v) is 11.6. The van der Waals surface area contributed by atoms with Crippen LogP contribution in [0.2, 0.25) is 0 Å². The fraction of sp³-hybridized carbons (Fsp3) is 0.462. The maximum Gasteiger partial charge on any atom is 0.251 e. The van der Waals surface area contributed by atoms with E-state index in [1.165, 1.54) is 31.2 Å². The fourth-order valence-electron chi connectivity index (χ4n) is 3.78. The van der Waals surface area contributed by atoms with Crippen molar-refractivity contribution in [3.8, 4) is 5.75 Å². The van der Waals surface area contributed by atoms with Gasteiger partial charge in [0.2, 0.25) is 5.91 Å². The summed E-state index contributed by atoms with van der Waals surface area (Å²) in [7, 11) is 0. The maximum atomic E-state index is 12.8. The van der Waals surface area contributed by atoms with Gasteiger partial charge in [0.1, 0.15) is 11.8 Å². The number of hydrogen-bond acceptors (Lipinski definition) is 4. The molecule has 3 N–H and O–H groups in total. The average Bonchev–Trinajstić information content (AvgIpc) is 3.72. The van der Waals surface area contributed by atoms with Gasteiger partial charge in [0.05, 0.1) is 13.2 Å². The number of carbonyl (C=O) groups excluding carboxylic acids is 2. The van der Waals surface area contributed by atoms with E-state index in [1.807, 2.05) is 12.1 Å². The Balaban J connectivity index is 1.36. The third-order valence-electron chi connectivity index (χ3n) is 6.11. The van der Waals surface area contributed by atoms with Gasteiger partial charge in [-0.1, -0.05) is 37.1 Å². The van der Waals surface area contributed by atoms with Gasteiger partial charge >= 0.3 is 0 Å². The molecular formula is C26H32N2O4. The zero-order chi connectivity index (χ0) is 22.3. The lowest BCUT2D eigenvalue weighted by molar-refractivity contribution is -0.123. The van der Waals surface area contributed by atoms with E-state index in [4.69, 9.17) is 9.84 Å². The van der Waals surface area contributed by atoms with Crippen LogP contribution < -0.4 is 15.4 Å². The Morgan fingerprint density at radius 2 is 1.72 bits per heavy atom. The van der Waals surface area contributed by atoms with Crippen molar-refractivity contribution in [3.05, 3.63) is 65.2 Å². The van der Waals surface area contributed by atoms with Crippen LogP contribution in [0.1, 0.15) is 59.5 Å². The first kappa shape index (κ1) is 22.3. The summed E-state index contributed by atoms with van der Waals surface area (Å²) >= 11 is 0. The van der Waals surface area contributed by atoms with E-state index >= 15 is 0 Å². The van der Waals surface area contributed by atoms with Crippen LogP contribution in [0, 0.1) is 5.92 Å². The Morgan fingerprint density at radius 3 is 2.34 bits per heavy atom. The van der Waals surface area contributed by atoms with E-state index in [9.17, 15) is 9.59 Å². The normalized spacial score (nSPS) is 16.3. The first-order valence-electron chi connectivity index (χ1n) is 11.6. The summed E-state index contributed by atoms with van der Waals surface area (Å²) in [5.74, 6) is 1.62. The predicted octanol–water partition coefficient (Wildman–Crippen LogP) is 3.19. The van der Waals surface area contributed by atoms with Crippen molar-refractivity contribution in [1.29, 1.82) is 0 Å². The summed E-state index contributed by atoms with van der Waals surface area (Å²) in [4.78, 5) is 25.5. The Hall–Kier alpha value is -2.86. The molecule has 0 saturated heterocycles. The van der Waals surface area contributed by atoms with Crippen LogP contribution in [-0.2, 0) is 11.2 Å². The van der Waals surface area contributed by atoms with Crippen LogP contribution in [-0.4, -0.2) is 42.7 Å². The zero-order valence-corrected chi connectivity index (χ0v) is 18.4. The number of benzene rings is 2. The third-order valence-corrected chi connectivity index (χ3v) is 6.11. The fourth-order valence-corrected chi connectivity index (χ4v) is 3.78. The number of carbonyl (C=O) groups is 2. The van der Waals surface area contributed by atoms with Crippen molar-refractivity contribution >= 4 is 11.8 Å². The molecule has 1 atom stereocenters. The number of amides is 2. The monoisotopic (exact) mass is 436 g/mol. The number of ether oxygens (including phenoxy) is 1. The van der Waals surface area contributed by atoms with Crippen molar-refractivity contribution in [2.24, 2.45) is 5.92 Å². The topological polar surface area (TPSA) is 87.7 Å². The molecule has 2 aromatic carbocycles. The van der Waals surface area contributed by atoms with Gasteiger partial charge in [-0.2, -0.15) is 0 Å². The lowest BCUT2D eigenvalue weighted by Crippen LogP contribution is -2.48. The summed E-state index contributed by atoms with van der Waals surface area (Å²) in [6, 6.07) is 14.6. The second kappa shape index (κ2) is 10.6. The molecule has 0 heterocycles. The number of aliphatic hydroxyl groups is 1. The minimum Gasteiger partial charge on any atom is -0.494 e. The number of rotatable bonds is 12. The van der Waals surface area contributed by atoms with Crippen LogP contribution in [0.5, 0.6) is 5.75 Å². The SMILES string of the molecule is O=C(NC(Cc1ccc(C2CC2)cc1)C(=O)NCCO)c1ccc(OCCC2CC2)cc1. The van der Waals surface area contributed by atoms with Gasteiger partial charge in [0.15, 0.2) is 0 Å². The summed E-state index contributed by atoms with van der Waals surface area (Å²) in [6.07, 6.45) is 6.56. The molecule has 4 rings (SSSR count). The average molecular weight is 437 g/mol. The highest BCUT2D eigenvalue weighted by Gasteiger charge is 2.25. The van der Waals surface area contributed by atoms with E-state index in [1.54, 1.807) is 24.3 Å². The Labute approximate surface area is 189 Å². The molecule has 2 aliphatic rings. The van der Waals surface area contributed by atoms with Crippen LogP contribution in [0.4, 0.5) is 0 Å². The van der Waals surface area contributed by atoms with Crippen molar-refractivity contribution in [3.63, 3.8) is 0 Å². The van der Waals surface area contributed by atoms with Crippen LogP contribution in [0.15, 0.2) is 48.5 Å². The van der Waals surface area contributed by atoms with E-state index in [0.29, 0.717) is 24.5 Å². The van der Waals surface area contributed by atoms with E-state index in [2.05, 4.69) is 22.8 Å². The quantitative estimate of drug-likeness (QED) is 0.477. The molecule has 6 heteroatoms. The molecule has 170 valence electrons. The highest BCUT2D eigenvalue weighted by molar-refractivity contribution is 5.97. The number of aliphatic hydroxyl groups excluding tert-OH is 1. The van der Waals surface area contributed by atoms with Gasteiger partial charge in [0.25, 0.3) is 5.91 Å². The molecule has 2 fully saturated rings. The largest absolute Gasteiger partial charge is 0.494 e. The Morgan fingerprint density at radius 1 is 1.00 bits per heavy atom. The molecule has 0 spiro atoms. The van der Waals surface area contributed by atoms with Crippen LogP contribution >= 0.6 is 0 Å². The molecule has 32 heavy (non-hydrogen) atoms. The minimum absolute atomic E-state index is 0.148. The van der Waals surface area contributed by atoms with Gasteiger partial charge in [-0.15, -0.1) is 0 Å². The standard InChI is InChI=1S/C26H32N2O4/c29-15-14-27-26(31)24(17-19-3-5-20(6-4-19)21-7-8-21)28-25(30)22-9-11-23(12-10-22)32-16-13-18-1-2-18/h3-6,9-12,18,21,24,29H,1-2,7-8,13-17H2,(H,27,31)(H,28,30). The zero-order valence-electron chi connectivity index (χ0n) is 18.4. The highest BCUT2D eigenvalue weighted by Crippen LogP contribution is 2.39. The molecular weight excluding hydrogens is 404 g/mol. The Bertz CT molecular complexity index is 902. The molecule has 6 nitrogen and oxygen atoms in total. The minimum atomic E-state index is -0.727. The molecule has 0 radical (unpaired) electrons. The molecule has 0 bridgehead atoms. The smallest absolute Gasteiger partial charge is 0.251 e. The van der Waals surface area contributed by atoms with Gasteiger partial charge in [0, 0.05) is 18.5 Å². The summed E-state index contributed by atoms with van der Waals surface area (Å²) < 4.78 is 5.75. The molecule has 2 saturated carbocycles. The lowest BCUT2D eigenvalue weighted by Gasteiger charge is -2.19. The Kier molecular flexibility index (Phi) is 7.43. The van der Waals surface area contributed by atoms with Gasteiger partial charge in [-0.05, 0) is 66.5 Å². The van der Waals surface area contributed by atoms with Crippen LogP contribution in [0.25, 0.3) is 0 Å². The van der Waals surface area contributed by atoms with Crippen molar-refractivity contribution in [1.82, 2.24) is 10.6 Å². The highest BCUT2D eigenvalue weighted by atomic mass is 16.5. The van der Waals surface area contributed by atoms with Crippen molar-refractivity contribution in [2.45, 2.75) is 50.5 Å². The van der Waals surface area contributed by atoms with Crippen molar-refractivity contribution < 1.29 is 19.4 Å². The summed E-state index contributed by atoms with van der Waals surface area (Å²) in [5, 5.41) is 14.6. The van der Waals surface area contributed by atoms with E-state index in [0.717, 1.165) is 23.7 Å². The maximum absolute atomic E-state index is 12.8. The predicted molar refractivity (Wildman–Crippen MR) is 123 cm³/mol. The van der Waals surface area contributed by atoms with Crippen LogP contribution in [0.3, 0.4) is 0 Å². The second-order valence-electron chi connectivity index (χ2n) is 8.87. The summed E-state index contributed by atoms with van der Waals surface area (Å²) in [5.41, 5.74) is 2.79. The molecule has 1 unspecified atom stereocenters. The van der Waals surface area contributed by atoms with Gasteiger partial charge < -0.3 is 20.5 Å². The molecule has 0 aliphatic heterocycles. The molecule has 2 aromatic rings. The number of nitrogens with one attached hydrogen (secondary N) is 2. The van der Waals surface area contributed by atoms with E-state index in [-0.39, 0.29) is 25.0 Å². The third kappa shape index (κ3) is 6.57. The number of hydrogen-bond donors (Lipinski definition) is 3. The molecule has 2 amide bonds. The molecule has 2 aliphatic carbocycles. The second-order valence-corrected chi connectivity index (χ2v) is 8.87. The van der Waals surface area contributed by atoms with Gasteiger partial charge in [-0.25, -0.2) is 0 Å². The van der Waals surface area contributed by atoms with Crippen molar-refractivity contribution in [2.75, 3.05) is 19.8 Å².